The summed E-state index contributed by atoms with van der Waals surface area (Å²) in [4.78, 5) is 0. The van der Waals surface area contributed by atoms with E-state index < -0.39 is 0 Å². The Balaban J connectivity index is 2.06. The summed E-state index contributed by atoms with van der Waals surface area (Å²) >= 11 is 1.62. The molecule has 1 heterocycles. The molecule has 2 rings (SSSR count). The van der Waals surface area contributed by atoms with Gasteiger partial charge in [-0.25, -0.2) is 0 Å². The molecule has 5 heteroatoms. The SMILES string of the molecule is COCC(Nc1nnc(CC(C)C)s1)c1ccccc1. The highest BCUT2D eigenvalue weighted by Gasteiger charge is 2.14. The van der Waals surface area contributed by atoms with Crippen molar-refractivity contribution in [2.24, 2.45) is 5.92 Å². The fourth-order valence-corrected chi connectivity index (χ4v) is 2.97. The summed E-state index contributed by atoms with van der Waals surface area (Å²) in [5, 5.41) is 13.8. The molecule has 0 aliphatic rings. The van der Waals surface area contributed by atoms with Gasteiger partial charge in [0.1, 0.15) is 5.01 Å². The molecular formula is C15H21N3OS. The molecule has 0 spiro atoms. The van der Waals surface area contributed by atoms with Crippen molar-refractivity contribution >= 4 is 16.5 Å². The van der Waals surface area contributed by atoms with E-state index in [2.05, 4.69) is 41.5 Å². The maximum atomic E-state index is 5.30. The van der Waals surface area contributed by atoms with Crippen LogP contribution in [0.1, 0.15) is 30.5 Å². The number of nitrogens with one attached hydrogen (secondary N) is 1. The molecule has 1 aromatic carbocycles. The first-order valence-corrected chi connectivity index (χ1v) is 7.63. The van der Waals surface area contributed by atoms with Crippen LogP contribution in [-0.2, 0) is 11.2 Å². The van der Waals surface area contributed by atoms with E-state index in [1.807, 2.05) is 18.2 Å². The van der Waals surface area contributed by atoms with Gasteiger partial charge in [0.05, 0.1) is 12.6 Å². The average molecular weight is 291 g/mol. The second-order valence-corrected chi connectivity index (χ2v) is 6.22. The van der Waals surface area contributed by atoms with E-state index in [4.69, 9.17) is 4.74 Å². The van der Waals surface area contributed by atoms with E-state index in [0.717, 1.165) is 16.6 Å². The van der Waals surface area contributed by atoms with Crippen LogP contribution in [0.25, 0.3) is 0 Å². The second-order valence-electron chi connectivity index (χ2n) is 5.16. The third kappa shape index (κ3) is 4.28. The third-order valence-corrected chi connectivity index (χ3v) is 3.76. The van der Waals surface area contributed by atoms with Crippen LogP contribution in [0.15, 0.2) is 30.3 Å². The molecule has 1 unspecified atom stereocenters. The maximum absolute atomic E-state index is 5.30. The maximum Gasteiger partial charge on any atom is 0.206 e. The number of benzene rings is 1. The summed E-state index contributed by atoms with van der Waals surface area (Å²) in [6.45, 7) is 4.97. The highest BCUT2D eigenvalue weighted by Crippen LogP contribution is 2.24. The smallest absolute Gasteiger partial charge is 0.206 e. The third-order valence-electron chi connectivity index (χ3n) is 2.88. The zero-order valence-electron chi connectivity index (χ0n) is 12.2. The van der Waals surface area contributed by atoms with Gasteiger partial charge in [-0.3, -0.25) is 0 Å². The summed E-state index contributed by atoms with van der Waals surface area (Å²) in [6, 6.07) is 10.4. The van der Waals surface area contributed by atoms with Crippen molar-refractivity contribution in [2.75, 3.05) is 19.0 Å². The van der Waals surface area contributed by atoms with Gasteiger partial charge in [-0.15, -0.1) is 10.2 Å². The Labute approximate surface area is 124 Å². The molecule has 108 valence electrons. The Hall–Kier alpha value is -1.46. The Kier molecular flexibility index (Phi) is 5.49. The molecule has 0 bridgehead atoms. The minimum absolute atomic E-state index is 0.0982. The van der Waals surface area contributed by atoms with E-state index in [-0.39, 0.29) is 6.04 Å². The van der Waals surface area contributed by atoms with E-state index in [9.17, 15) is 0 Å². The molecule has 20 heavy (non-hydrogen) atoms. The van der Waals surface area contributed by atoms with Crippen LogP contribution in [0.4, 0.5) is 5.13 Å². The molecule has 1 atom stereocenters. The fourth-order valence-electron chi connectivity index (χ4n) is 1.97. The first-order chi connectivity index (χ1) is 9.69. The van der Waals surface area contributed by atoms with Crippen LogP contribution in [0, 0.1) is 5.92 Å². The summed E-state index contributed by atoms with van der Waals surface area (Å²) in [7, 11) is 1.71. The van der Waals surface area contributed by atoms with Crippen molar-refractivity contribution < 1.29 is 4.74 Å². The van der Waals surface area contributed by atoms with Gasteiger partial charge in [-0.05, 0) is 11.5 Å². The minimum Gasteiger partial charge on any atom is -0.382 e. The highest BCUT2D eigenvalue weighted by atomic mass is 32.1. The molecule has 1 aromatic heterocycles. The van der Waals surface area contributed by atoms with Gasteiger partial charge in [0.25, 0.3) is 0 Å². The Morgan fingerprint density at radius 2 is 1.95 bits per heavy atom. The lowest BCUT2D eigenvalue weighted by molar-refractivity contribution is 0.186. The highest BCUT2D eigenvalue weighted by molar-refractivity contribution is 7.15. The van der Waals surface area contributed by atoms with E-state index in [0.29, 0.717) is 12.5 Å². The zero-order chi connectivity index (χ0) is 14.4. The van der Waals surface area contributed by atoms with Crippen LogP contribution >= 0.6 is 11.3 Å². The fraction of sp³-hybridized carbons (Fsp3) is 0.467. The number of aromatic nitrogens is 2. The Morgan fingerprint density at radius 3 is 2.60 bits per heavy atom. The lowest BCUT2D eigenvalue weighted by Gasteiger charge is -2.17. The molecule has 4 nitrogen and oxygen atoms in total. The van der Waals surface area contributed by atoms with Gasteiger partial charge >= 0.3 is 0 Å². The normalized spacial score (nSPS) is 12.6. The molecular weight excluding hydrogens is 270 g/mol. The van der Waals surface area contributed by atoms with Crippen LogP contribution in [0.5, 0.6) is 0 Å². The molecule has 0 saturated heterocycles. The number of nitrogens with zero attached hydrogens (tertiary/aromatic N) is 2. The first-order valence-electron chi connectivity index (χ1n) is 6.82. The topological polar surface area (TPSA) is 47.0 Å². The summed E-state index contributed by atoms with van der Waals surface area (Å²) in [5.41, 5.74) is 1.19. The Morgan fingerprint density at radius 1 is 1.20 bits per heavy atom. The predicted molar refractivity (Wildman–Crippen MR) is 83.1 cm³/mol. The molecule has 0 radical (unpaired) electrons. The number of ether oxygens (including phenoxy) is 1. The average Bonchev–Trinajstić information content (AvgIpc) is 2.86. The molecule has 0 aliphatic heterocycles. The number of methoxy groups -OCH3 is 1. The number of rotatable bonds is 7. The molecule has 0 amide bonds. The van der Waals surface area contributed by atoms with Crippen LogP contribution in [0.2, 0.25) is 0 Å². The van der Waals surface area contributed by atoms with Gasteiger partial charge in [0.2, 0.25) is 5.13 Å². The van der Waals surface area contributed by atoms with Crippen molar-refractivity contribution in [2.45, 2.75) is 26.3 Å². The van der Waals surface area contributed by atoms with Crippen molar-refractivity contribution in [1.82, 2.24) is 10.2 Å². The lowest BCUT2D eigenvalue weighted by atomic mass is 10.1. The van der Waals surface area contributed by atoms with Gasteiger partial charge in [0.15, 0.2) is 0 Å². The number of hydrogen-bond acceptors (Lipinski definition) is 5. The van der Waals surface area contributed by atoms with Crippen molar-refractivity contribution in [3.63, 3.8) is 0 Å². The first kappa shape index (κ1) is 14.9. The summed E-state index contributed by atoms with van der Waals surface area (Å²) in [6.07, 6.45) is 0.972. The van der Waals surface area contributed by atoms with Crippen LogP contribution < -0.4 is 5.32 Å². The number of anilines is 1. The van der Waals surface area contributed by atoms with Crippen molar-refractivity contribution in [1.29, 1.82) is 0 Å². The van der Waals surface area contributed by atoms with Crippen LogP contribution in [0.3, 0.4) is 0 Å². The minimum atomic E-state index is 0.0982. The van der Waals surface area contributed by atoms with E-state index >= 15 is 0 Å². The summed E-state index contributed by atoms with van der Waals surface area (Å²) in [5.74, 6) is 0.597. The standard InChI is InChI=1S/C15H21N3OS/c1-11(2)9-14-17-18-15(20-14)16-13(10-19-3)12-7-5-4-6-8-12/h4-8,11,13H,9-10H2,1-3H3,(H,16,18). The van der Waals surface area contributed by atoms with E-state index in [1.165, 1.54) is 5.56 Å². The molecule has 0 saturated carbocycles. The predicted octanol–water partition coefficient (Wildman–Crippen LogP) is 3.54. The number of hydrogen-bond donors (Lipinski definition) is 1. The zero-order valence-corrected chi connectivity index (χ0v) is 13.0. The lowest BCUT2D eigenvalue weighted by Crippen LogP contribution is -2.16. The van der Waals surface area contributed by atoms with E-state index in [1.54, 1.807) is 18.4 Å². The van der Waals surface area contributed by atoms with Crippen molar-refractivity contribution in [3.8, 4) is 0 Å². The molecule has 0 aliphatic carbocycles. The summed E-state index contributed by atoms with van der Waals surface area (Å²) < 4.78 is 5.30. The largest absolute Gasteiger partial charge is 0.382 e. The van der Waals surface area contributed by atoms with Crippen molar-refractivity contribution in [3.05, 3.63) is 40.9 Å². The molecule has 2 aromatic rings. The van der Waals surface area contributed by atoms with Gasteiger partial charge in [-0.2, -0.15) is 0 Å². The van der Waals surface area contributed by atoms with Gasteiger partial charge in [0, 0.05) is 13.5 Å². The molecule has 0 fully saturated rings. The van der Waals surface area contributed by atoms with Gasteiger partial charge < -0.3 is 10.1 Å². The van der Waals surface area contributed by atoms with Crippen LogP contribution in [-0.4, -0.2) is 23.9 Å². The van der Waals surface area contributed by atoms with Gasteiger partial charge in [-0.1, -0.05) is 55.5 Å². The monoisotopic (exact) mass is 291 g/mol. The quantitative estimate of drug-likeness (QED) is 0.847. The second kappa shape index (κ2) is 7.36. The Bertz CT molecular complexity index is 513. The molecule has 1 N–H and O–H groups in total.